The molecular weight excluding hydrogens is 393 g/mol. The Bertz CT molecular complexity index is 1090. The van der Waals surface area contributed by atoms with Crippen molar-refractivity contribution in [1.82, 2.24) is 9.88 Å². The molecule has 1 unspecified atom stereocenters. The molecule has 0 aliphatic heterocycles. The number of aromatic nitrogens is 1. The summed E-state index contributed by atoms with van der Waals surface area (Å²) in [5.74, 6) is -2.07. The van der Waals surface area contributed by atoms with Crippen molar-refractivity contribution in [3.05, 3.63) is 59.4 Å². The van der Waals surface area contributed by atoms with Crippen LogP contribution in [0.2, 0.25) is 0 Å². The van der Waals surface area contributed by atoms with Crippen molar-refractivity contribution in [3.63, 3.8) is 0 Å². The highest BCUT2D eigenvalue weighted by Gasteiger charge is 2.40. The van der Waals surface area contributed by atoms with Crippen LogP contribution in [-0.4, -0.2) is 40.6 Å². The van der Waals surface area contributed by atoms with Gasteiger partial charge in [0.15, 0.2) is 0 Å². The number of H-pyrrole nitrogens is 1. The molecular formula is C23H23F3N2O2. The monoisotopic (exact) mass is 416 g/mol. The molecule has 0 radical (unpaired) electrons. The molecule has 30 heavy (non-hydrogen) atoms. The number of benzene rings is 2. The largest absolute Gasteiger partial charge is 0.394 e. The number of aliphatic hydroxyl groups is 1. The quantitative estimate of drug-likeness (QED) is 0.640. The van der Waals surface area contributed by atoms with Gasteiger partial charge in [-0.1, -0.05) is 0 Å². The van der Waals surface area contributed by atoms with E-state index in [1.807, 2.05) is 0 Å². The summed E-state index contributed by atoms with van der Waals surface area (Å²) >= 11 is 0. The number of halogens is 3. The first-order valence-corrected chi connectivity index (χ1v) is 9.94. The van der Waals surface area contributed by atoms with Crippen LogP contribution in [0.15, 0.2) is 36.4 Å². The summed E-state index contributed by atoms with van der Waals surface area (Å²) in [6.45, 7) is 1.65. The first-order valence-electron chi connectivity index (χ1n) is 9.94. The zero-order valence-electron chi connectivity index (χ0n) is 16.8. The van der Waals surface area contributed by atoms with E-state index in [1.165, 1.54) is 23.1 Å². The molecule has 1 aliphatic carbocycles. The third kappa shape index (κ3) is 3.47. The third-order valence-corrected chi connectivity index (χ3v) is 6.17. The standard InChI is InChI=1S/C23H23F3N2O2/c1-12(11-29)28(2)23(30)15-7-14(8-15)20-18-9-17(25)10-19(26)22(18)27-21(20)13-3-5-16(24)6-4-13/h3-6,9-10,12,14-15,27,29H,7-8,11H2,1-2H3/t12?,14-,15-. The molecule has 2 N–H and O–H groups in total. The molecule has 0 spiro atoms. The smallest absolute Gasteiger partial charge is 0.225 e. The van der Waals surface area contributed by atoms with E-state index in [0.717, 1.165) is 11.6 Å². The Morgan fingerprint density at radius 2 is 1.83 bits per heavy atom. The van der Waals surface area contributed by atoms with Crippen molar-refractivity contribution in [2.45, 2.75) is 31.7 Å². The number of hydrogen-bond acceptors (Lipinski definition) is 2. The maximum atomic E-state index is 14.4. The van der Waals surface area contributed by atoms with Gasteiger partial charge in [-0.3, -0.25) is 4.79 Å². The number of carbonyl (C=O) groups excluding carboxylic acids is 1. The first kappa shape index (κ1) is 20.5. The van der Waals surface area contributed by atoms with Crippen LogP contribution in [-0.2, 0) is 4.79 Å². The maximum Gasteiger partial charge on any atom is 0.225 e. The number of nitrogens with one attached hydrogen (secondary N) is 1. The van der Waals surface area contributed by atoms with Gasteiger partial charge in [0.1, 0.15) is 17.5 Å². The molecule has 1 saturated carbocycles. The van der Waals surface area contributed by atoms with E-state index in [9.17, 15) is 23.1 Å². The molecule has 1 amide bonds. The fourth-order valence-corrected chi connectivity index (χ4v) is 4.19. The van der Waals surface area contributed by atoms with E-state index in [1.54, 1.807) is 26.1 Å². The topological polar surface area (TPSA) is 56.3 Å². The lowest BCUT2D eigenvalue weighted by Gasteiger charge is -2.38. The summed E-state index contributed by atoms with van der Waals surface area (Å²) < 4.78 is 41.8. The van der Waals surface area contributed by atoms with Crippen molar-refractivity contribution in [3.8, 4) is 11.3 Å². The maximum absolute atomic E-state index is 14.4. The Balaban J connectivity index is 1.71. The summed E-state index contributed by atoms with van der Waals surface area (Å²) in [7, 11) is 1.66. The van der Waals surface area contributed by atoms with Crippen LogP contribution in [0.4, 0.5) is 13.2 Å². The molecule has 1 fully saturated rings. The van der Waals surface area contributed by atoms with Gasteiger partial charge in [-0.05, 0) is 67.1 Å². The van der Waals surface area contributed by atoms with Crippen molar-refractivity contribution >= 4 is 16.8 Å². The van der Waals surface area contributed by atoms with Gasteiger partial charge in [0.2, 0.25) is 5.91 Å². The SMILES string of the molecule is CC(CO)N(C)C(=O)[C@H]1C[C@H](c2c(-c3ccc(F)cc3)[nH]c3c(F)cc(F)cc32)C1. The number of carbonyl (C=O) groups is 1. The van der Waals surface area contributed by atoms with Gasteiger partial charge < -0.3 is 15.0 Å². The Labute approximate surface area is 172 Å². The van der Waals surface area contributed by atoms with E-state index < -0.39 is 11.6 Å². The van der Waals surface area contributed by atoms with Crippen molar-refractivity contribution in [1.29, 1.82) is 0 Å². The molecule has 158 valence electrons. The second-order valence-corrected chi connectivity index (χ2v) is 8.08. The highest BCUT2D eigenvalue weighted by Crippen LogP contribution is 2.48. The molecule has 1 atom stereocenters. The minimum absolute atomic E-state index is 0.0478. The van der Waals surface area contributed by atoms with Gasteiger partial charge >= 0.3 is 0 Å². The Morgan fingerprint density at radius 3 is 2.47 bits per heavy atom. The lowest BCUT2D eigenvalue weighted by molar-refractivity contribution is -0.140. The van der Waals surface area contributed by atoms with E-state index in [-0.39, 0.29) is 41.7 Å². The molecule has 1 aromatic heterocycles. The number of fused-ring (bicyclic) bond motifs is 1. The van der Waals surface area contributed by atoms with E-state index in [2.05, 4.69) is 4.98 Å². The van der Waals surface area contributed by atoms with Crippen LogP contribution in [0, 0.1) is 23.4 Å². The minimum Gasteiger partial charge on any atom is -0.394 e. The van der Waals surface area contributed by atoms with Gasteiger partial charge in [-0.15, -0.1) is 0 Å². The van der Waals surface area contributed by atoms with Gasteiger partial charge in [0, 0.05) is 24.4 Å². The average molecular weight is 416 g/mol. The second kappa shape index (κ2) is 7.80. The van der Waals surface area contributed by atoms with E-state index in [4.69, 9.17) is 0 Å². The fourth-order valence-electron chi connectivity index (χ4n) is 4.19. The molecule has 7 heteroatoms. The fraction of sp³-hybridized carbons (Fsp3) is 0.348. The predicted molar refractivity (Wildman–Crippen MR) is 108 cm³/mol. The van der Waals surface area contributed by atoms with Crippen molar-refractivity contribution < 1.29 is 23.1 Å². The zero-order chi connectivity index (χ0) is 21.6. The summed E-state index contributed by atoms with van der Waals surface area (Å²) in [5.41, 5.74) is 2.23. The number of likely N-dealkylation sites (N-methyl/N-ethyl adjacent to an activating group) is 1. The molecule has 0 bridgehead atoms. The minimum atomic E-state index is -0.692. The lowest BCUT2D eigenvalue weighted by atomic mass is 9.69. The molecule has 1 heterocycles. The number of nitrogens with zero attached hydrogens (tertiary/aromatic N) is 1. The van der Waals surface area contributed by atoms with Crippen LogP contribution in [0.3, 0.4) is 0 Å². The van der Waals surface area contributed by atoms with Crippen LogP contribution >= 0.6 is 0 Å². The summed E-state index contributed by atoms with van der Waals surface area (Å²) in [4.78, 5) is 17.2. The Hall–Kier alpha value is -2.80. The van der Waals surface area contributed by atoms with Crippen molar-refractivity contribution in [2.75, 3.05) is 13.7 Å². The molecule has 4 nitrogen and oxygen atoms in total. The van der Waals surface area contributed by atoms with Gasteiger partial charge in [-0.25, -0.2) is 13.2 Å². The molecule has 3 aromatic rings. The first-order chi connectivity index (χ1) is 14.3. The Kier molecular flexibility index (Phi) is 5.32. The second-order valence-electron chi connectivity index (χ2n) is 8.08. The zero-order valence-corrected chi connectivity index (χ0v) is 16.8. The van der Waals surface area contributed by atoms with E-state index in [0.29, 0.717) is 29.5 Å². The number of hydrogen-bond donors (Lipinski definition) is 2. The third-order valence-electron chi connectivity index (χ3n) is 6.17. The molecule has 2 aromatic carbocycles. The summed E-state index contributed by atoms with van der Waals surface area (Å²) in [5, 5.41) is 9.73. The highest BCUT2D eigenvalue weighted by atomic mass is 19.1. The van der Waals surface area contributed by atoms with Gasteiger partial charge in [-0.2, -0.15) is 0 Å². The van der Waals surface area contributed by atoms with Crippen LogP contribution < -0.4 is 0 Å². The molecule has 1 aliphatic rings. The summed E-state index contributed by atoms with van der Waals surface area (Å²) in [6, 6.07) is 7.68. The highest BCUT2D eigenvalue weighted by molar-refractivity contribution is 5.92. The number of rotatable bonds is 5. The van der Waals surface area contributed by atoms with Crippen LogP contribution in [0.1, 0.15) is 31.2 Å². The van der Waals surface area contributed by atoms with E-state index >= 15 is 0 Å². The normalized spacial score (nSPS) is 19.5. The number of aromatic amines is 1. The summed E-state index contributed by atoms with van der Waals surface area (Å²) in [6.07, 6.45) is 1.08. The average Bonchev–Trinajstić information content (AvgIpc) is 3.05. The lowest BCUT2D eigenvalue weighted by Crippen LogP contribution is -2.44. The van der Waals surface area contributed by atoms with Gasteiger partial charge in [0.05, 0.1) is 23.9 Å². The molecule has 0 saturated heterocycles. The molecule has 4 rings (SSSR count). The van der Waals surface area contributed by atoms with Crippen LogP contribution in [0.25, 0.3) is 22.2 Å². The number of aliphatic hydroxyl groups excluding tert-OH is 1. The van der Waals surface area contributed by atoms with Gasteiger partial charge in [0.25, 0.3) is 0 Å². The number of amides is 1. The Morgan fingerprint density at radius 1 is 1.17 bits per heavy atom. The van der Waals surface area contributed by atoms with Crippen molar-refractivity contribution in [2.24, 2.45) is 5.92 Å². The predicted octanol–water partition coefficient (Wildman–Crippen LogP) is 4.59. The van der Waals surface area contributed by atoms with Crippen LogP contribution in [0.5, 0.6) is 0 Å².